The molecule has 1 rings (SSSR count). The Morgan fingerprint density at radius 3 is 2.75 bits per heavy atom. The first-order valence-corrected chi connectivity index (χ1v) is 5.87. The Kier molecular flexibility index (Phi) is 2.19. The van der Waals surface area contributed by atoms with Gasteiger partial charge >= 0.3 is 0 Å². The van der Waals surface area contributed by atoms with Crippen molar-refractivity contribution in [3.8, 4) is 0 Å². The third-order valence-corrected chi connectivity index (χ3v) is 2.75. The average molecular weight is 244 g/mol. The predicted molar refractivity (Wildman–Crippen MR) is 39.7 cm³/mol. The van der Waals surface area contributed by atoms with Gasteiger partial charge in [-0.05, 0) is 0 Å². The van der Waals surface area contributed by atoms with E-state index >= 15 is 0 Å². The van der Waals surface area contributed by atoms with Crippen LogP contribution < -0.4 is 0 Å². The van der Waals surface area contributed by atoms with Crippen molar-refractivity contribution in [2.24, 2.45) is 0 Å². The molecule has 5 heteroatoms. The highest BCUT2D eigenvalue weighted by Crippen LogP contribution is 2.47. The van der Waals surface area contributed by atoms with Gasteiger partial charge in [0.15, 0.2) is 0 Å². The molecule has 1 unspecified atom stereocenters. The molecule has 1 aromatic rings. The second kappa shape index (κ2) is 2.73. The van der Waals surface area contributed by atoms with Crippen molar-refractivity contribution in [2.45, 2.75) is 0 Å². The van der Waals surface area contributed by atoms with Crippen LogP contribution in [0.3, 0.4) is 0 Å². The van der Waals surface area contributed by atoms with Gasteiger partial charge in [-0.25, -0.2) is 4.98 Å². The molecule has 1 atom stereocenters. The number of aromatic nitrogens is 2. The Morgan fingerprint density at radius 1 is 1.75 bits per heavy atom. The zero-order valence-electron chi connectivity index (χ0n) is 3.83. The maximum Gasteiger partial charge on any atom is 0.253 e. The lowest BCUT2D eigenvalue weighted by molar-refractivity contribution is 0.888. The lowest BCUT2D eigenvalue weighted by Gasteiger charge is -1.94. The molecular formula is C3H3FIN2P. The summed E-state index contributed by atoms with van der Waals surface area (Å²) in [6, 6.07) is -1.53. The van der Waals surface area contributed by atoms with Crippen LogP contribution in [0.15, 0.2) is 18.7 Å². The first-order chi connectivity index (χ1) is 3.80. The van der Waals surface area contributed by atoms with Crippen molar-refractivity contribution in [1.82, 2.24) is 9.32 Å². The van der Waals surface area contributed by atoms with Crippen LogP contribution in [0.5, 0.6) is 0 Å². The molecule has 0 fully saturated rings. The minimum absolute atomic E-state index is 1.44. The van der Waals surface area contributed by atoms with E-state index in [1.807, 2.05) is 0 Å². The van der Waals surface area contributed by atoms with Crippen LogP contribution in [0, 0.1) is 0 Å². The van der Waals surface area contributed by atoms with Crippen molar-refractivity contribution < 1.29 is 4.20 Å². The third kappa shape index (κ3) is 1.39. The van der Waals surface area contributed by atoms with Gasteiger partial charge in [0.2, 0.25) is 0 Å². The Hall–Kier alpha value is 0.300. The second-order valence-corrected chi connectivity index (χ2v) is 4.44. The SMILES string of the molecule is FP(I)n1ccnc1. The van der Waals surface area contributed by atoms with Crippen molar-refractivity contribution in [3.05, 3.63) is 18.7 Å². The number of rotatable bonds is 1. The van der Waals surface area contributed by atoms with Crippen LogP contribution >= 0.6 is 28.1 Å². The van der Waals surface area contributed by atoms with E-state index < -0.39 is 6.03 Å². The molecule has 0 aliphatic carbocycles. The third-order valence-electron chi connectivity index (χ3n) is 0.665. The minimum atomic E-state index is -1.53. The van der Waals surface area contributed by atoms with E-state index in [4.69, 9.17) is 0 Å². The van der Waals surface area contributed by atoms with Crippen LogP contribution in [0.1, 0.15) is 0 Å². The first-order valence-electron chi connectivity index (χ1n) is 1.90. The number of nitrogens with zero attached hydrogens (tertiary/aromatic N) is 2. The molecule has 0 aliphatic rings. The van der Waals surface area contributed by atoms with E-state index in [1.54, 1.807) is 34.4 Å². The molecule has 8 heavy (non-hydrogen) atoms. The summed E-state index contributed by atoms with van der Waals surface area (Å²) < 4.78 is 13.7. The van der Waals surface area contributed by atoms with Gasteiger partial charge in [-0.3, -0.25) is 4.34 Å². The van der Waals surface area contributed by atoms with Gasteiger partial charge in [0, 0.05) is 34.4 Å². The number of hydrogen-bond acceptors (Lipinski definition) is 1. The van der Waals surface area contributed by atoms with Crippen LogP contribution in [0.2, 0.25) is 0 Å². The highest BCUT2D eigenvalue weighted by atomic mass is 127. The van der Waals surface area contributed by atoms with Gasteiger partial charge in [-0.15, -0.1) is 0 Å². The molecule has 0 aromatic carbocycles. The first kappa shape index (κ1) is 6.42. The van der Waals surface area contributed by atoms with Gasteiger partial charge < -0.3 is 0 Å². The zero-order valence-corrected chi connectivity index (χ0v) is 6.88. The van der Waals surface area contributed by atoms with Crippen molar-refractivity contribution in [2.75, 3.05) is 0 Å². The van der Waals surface area contributed by atoms with Crippen LogP contribution in [-0.4, -0.2) is 9.32 Å². The normalized spacial score (nSPS) is 13.8. The number of imidazole rings is 1. The molecule has 44 valence electrons. The smallest absolute Gasteiger partial charge is 0.253 e. The van der Waals surface area contributed by atoms with Crippen LogP contribution in [0.25, 0.3) is 0 Å². The summed E-state index contributed by atoms with van der Waals surface area (Å²) in [5.41, 5.74) is 0. The summed E-state index contributed by atoms with van der Waals surface area (Å²) in [5.74, 6) is 0. The number of hydrogen-bond donors (Lipinski definition) is 0. The molecule has 0 amide bonds. The Balaban J connectivity index is 2.77. The minimum Gasteiger partial charge on any atom is -0.281 e. The molecule has 0 saturated heterocycles. The summed E-state index contributed by atoms with van der Waals surface area (Å²) in [5, 5.41) is 0. The van der Waals surface area contributed by atoms with E-state index in [0.717, 1.165) is 0 Å². The molecule has 0 N–H and O–H groups in total. The van der Waals surface area contributed by atoms with Crippen LogP contribution in [-0.2, 0) is 0 Å². The molecule has 0 radical (unpaired) electrons. The Morgan fingerprint density at radius 2 is 2.50 bits per heavy atom. The molecule has 0 aliphatic heterocycles. The van der Waals surface area contributed by atoms with E-state index in [9.17, 15) is 4.20 Å². The molecule has 1 aromatic heterocycles. The summed E-state index contributed by atoms with van der Waals surface area (Å²) in [7, 11) is 0. The van der Waals surface area contributed by atoms with E-state index in [2.05, 4.69) is 4.98 Å². The molecule has 0 spiro atoms. The monoisotopic (exact) mass is 244 g/mol. The van der Waals surface area contributed by atoms with Crippen molar-refractivity contribution >= 4 is 28.1 Å². The highest BCUT2D eigenvalue weighted by Gasteiger charge is 1.99. The quantitative estimate of drug-likeness (QED) is 0.547. The molecular weight excluding hydrogens is 241 g/mol. The van der Waals surface area contributed by atoms with Gasteiger partial charge in [0.25, 0.3) is 6.03 Å². The maximum absolute atomic E-state index is 12.2. The largest absolute Gasteiger partial charge is 0.281 e. The van der Waals surface area contributed by atoms with Gasteiger partial charge in [0.05, 0.1) is 0 Å². The molecule has 0 bridgehead atoms. The standard InChI is InChI=1S/C3H3FIN2P/c4-8(5)7-2-1-6-3-7/h1-3H. The van der Waals surface area contributed by atoms with Gasteiger partial charge in [-0.1, -0.05) is 0 Å². The van der Waals surface area contributed by atoms with Gasteiger partial charge in [-0.2, -0.15) is 4.20 Å². The van der Waals surface area contributed by atoms with Crippen molar-refractivity contribution in [3.63, 3.8) is 0 Å². The number of halogens is 2. The fourth-order valence-corrected chi connectivity index (χ4v) is 1.41. The molecule has 1 heterocycles. The Bertz CT molecular complexity index is 152. The van der Waals surface area contributed by atoms with E-state index in [0.29, 0.717) is 0 Å². The van der Waals surface area contributed by atoms with Crippen LogP contribution in [0.4, 0.5) is 4.20 Å². The average Bonchev–Trinajstić information content (AvgIpc) is 2.12. The van der Waals surface area contributed by atoms with Gasteiger partial charge in [0.1, 0.15) is 6.33 Å². The summed E-state index contributed by atoms with van der Waals surface area (Å²) in [6.07, 6.45) is 4.64. The van der Waals surface area contributed by atoms with E-state index in [1.165, 1.54) is 10.7 Å². The lowest BCUT2D eigenvalue weighted by atomic mass is 11.0. The predicted octanol–water partition coefficient (Wildman–Crippen LogP) is 2.36. The summed E-state index contributed by atoms with van der Waals surface area (Å²) in [4.78, 5) is 3.68. The summed E-state index contributed by atoms with van der Waals surface area (Å²) >= 11 is 1.73. The summed E-state index contributed by atoms with van der Waals surface area (Å²) in [6.45, 7) is 0. The van der Waals surface area contributed by atoms with Crippen molar-refractivity contribution in [1.29, 1.82) is 0 Å². The topological polar surface area (TPSA) is 17.8 Å². The zero-order chi connectivity index (χ0) is 5.98. The second-order valence-electron chi connectivity index (χ2n) is 1.16. The molecule has 0 saturated carbocycles. The Labute approximate surface area is 60.5 Å². The fourth-order valence-electron chi connectivity index (χ4n) is 0.342. The maximum atomic E-state index is 12.2. The lowest BCUT2D eigenvalue weighted by Crippen LogP contribution is -1.73. The van der Waals surface area contributed by atoms with E-state index in [-0.39, 0.29) is 0 Å². The fraction of sp³-hybridized carbons (Fsp3) is 0. The molecule has 2 nitrogen and oxygen atoms in total. The highest BCUT2D eigenvalue weighted by molar-refractivity contribution is 14.2.